The second-order valence-electron chi connectivity index (χ2n) is 6.88. The molecule has 2 aliphatic heterocycles. The van der Waals surface area contributed by atoms with Gasteiger partial charge in [0, 0.05) is 45.0 Å². The molecule has 2 atom stereocenters. The number of carbonyl (C=O) groups excluding carboxylic acids is 2. The van der Waals surface area contributed by atoms with Gasteiger partial charge in [0.2, 0.25) is 5.91 Å². The van der Waals surface area contributed by atoms with Crippen LogP contribution in [0.2, 0.25) is 0 Å². The zero-order chi connectivity index (χ0) is 22.1. The molecule has 2 fully saturated rings. The second kappa shape index (κ2) is 8.13. The highest BCUT2D eigenvalue weighted by Crippen LogP contribution is 2.35. The van der Waals surface area contributed by atoms with Crippen LogP contribution < -0.4 is 4.90 Å². The molecule has 0 bridgehead atoms. The van der Waals surface area contributed by atoms with Crippen molar-refractivity contribution in [2.75, 3.05) is 24.5 Å². The Labute approximate surface area is 168 Å². The highest BCUT2D eigenvalue weighted by atomic mass is 19.4. The highest BCUT2D eigenvalue weighted by Gasteiger charge is 2.48. The van der Waals surface area contributed by atoms with Gasteiger partial charge in [-0.1, -0.05) is 0 Å². The summed E-state index contributed by atoms with van der Waals surface area (Å²) in [5, 5.41) is 11.2. The highest BCUT2D eigenvalue weighted by molar-refractivity contribution is 5.99. The molecule has 0 radical (unpaired) electrons. The minimum absolute atomic E-state index is 0.0554. The van der Waals surface area contributed by atoms with E-state index < -0.39 is 12.1 Å². The van der Waals surface area contributed by atoms with Crippen LogP contribution in [-0.2, 0) is 16.6 Å². The van der Waals surface area contributed by atoms with E-state index in [1.54, 1.807) is 46.2 Å². The van der Waals surface area contributed by atoms with E-state index in [0.29, 0.717) is 25.3 Å². The van der Waals surface area contributed by atoms with E-state index in [9.17, 15) is 22.8 Å². The number of aromatic nitrogens is 3. The van der Waals surface area contributed by atoms with Gasteiger partial charge >= 0.3 is 12.1 Å². The van der Waals surface area contributed by atoms with Crippen LogP contribution in [0.5, 0.6) is 0 Å². The van der Waals surface area contributed by atoms with Gasteiger partial charge in [0.15, 0.2) is 0 Å². The van der Waals surface area contributed by atoms with Crippen LogP contribution in [0, 0.1) is 11.8 Å². The summed E-state index contributed by atoms with van der Waals surface area (Å²) in [5.74, 6) is -2.66. The number of hydrogen-bond acceptors (Lipinski definition) is 5. The van der Waals surface area contributed by atoms with Crippen molar-refractivity contribution in [3.05, 3.63) is 42.5 Å². The first kappa shape index (κ1) is 21.3. The summed E-state index contributed by atoms with van der Waals surface area (Å²) >= 11 is 0. The Hall–Kier alpha value is -3.44. The van der Waals surface area contributed by atoms with E-state index in [2.05, 4.69) is 10.1 Å². The van der Waals surface area contributed by atoms with Gasteiger partial charge in [-0.3, -0.25) is 19.3 Å². The van der Waals surface area contributed by atoms with Crippen molar-refractivity contribution in [3.8, 4) is 0 Å². The van der Waals surface area contributed by atoms with Gasteiger partial charge in [-0.15, -0.1) is 0 Å². The number of likely N-dealkylation sites (tertiary alicyclic amines) is 1. The van der Waals surface area contributed by atoms with Gasteiger partial charge < -0.3 is 14.9 Å². The van der Waals surface area contributed by atoms with E-state index in [1.165, 1.54) is 0 Å². The smallest absolute Gasteiger partial charge is 0.475 e. The third-order valence-corrected chi connectivity index (χ3v) is 4.97. The molecular formula is C18H18F3N5O4. The fourth-order valence-corrected chi connectivity index (χ4v) is 3.52. The standard InChI is InChI=1S/C16H17N5O2.C2HF3O2/c1-19-14(4-6-18-19)16(23)20-8-11-9-21(15(22)13(11)10-20)12-3-2-5-17-7-12;3-2(4,5)1(6)7/h2-7,11,13H,8-10H2,1H3;(H,6,7)/t11-,13-;/m0./s1. The van der Waals surface area contributed by atoms with Gasteiger partial charge in [-0.2, -0.15) is 18.3 Å². The van der Waals surface area contributed by atoms with Gasteiger partial charge in [-0.25, -0.2) is 4.79 Å². The van der Waals surface area contributed by atoms with Crippen LogP contribution in [0.15, 0.2) is 36.8 Å². The van der Waals surface area contributed by atoms with Crippen LogP contribution in [0.1, 0.15) is 10.5 Å². The number of carbonyl (C=O) groups is 3. The first-order valence-electron chi connectivity index (χ1n) is 8.88. The maximum atomic E-state index is 12.7. The summed E-state index contributed by atoms with van der Waals surface area (Å²) in [5.41, 5.74) is 1.39. The van der Waals surface area contributed by atoms with Gasteiger partial charge in [0.05, 0.1) is 17.8 Å². The summed E-state index contributed by atoms with van der Waals surface area (Å²) in [4.78, 5) is 41.7. The molecule has 0 aliphatic carbocycles. The average molecular weight is 425 g/mol. The van der Waals surface area contributed by atoms with Crippen LogP contribution in [0.25, 0.3) is 0 Å². The third kappa shape index (κ3) is 4.26. The number of aryl methyl sites for hydroxylation is 1. The van der Waals surface area contributed by atoms with Crippen molar-refractivity contribution >= 4 is 23.5 Å². The summed E-state index contributed by atoms with van der Waals surface area (Å²) in [6.07, 6.45) is -0.0733. The molecule has 0 aromatic carbocycles. The Morgan fingerprint density at radius 2 is 1.87 bits per heavy atom. The minimum atomic E-state index is -5.08. The summed E-state index contributed by atoms with van der Waals surface area (Å²) in [7, 11) is 1.75. The number of amides is 2. The zero-order valence-corrected chi connectivity index (χ0v) is 15.8. The average Bonchev–Trinajstić information content (AvgIpc) is 3.38. The predicted octanol–water partition coefficient (Wildman–Crippen LogP) is 1.18. The Kier molecular flexibility index (Phi) is 5.76. The fourth-order valence-electron chi connectivity index (χ4n) is 3.52. The lowest BCUT2D eigenvalue weighted by Gasteiger charge is -2.21. The maximum Gasteiger partial charge on any atom is 0.490 e. The molecule has 0 saturated carbocycles. The van der Waals surface area contributed by atoms with Gasteiger partial charge in [0.1, 0.15) is 5.69 Å². The molecule has 0 spiro atoms. The van der Waals surface area contributed by atoms with Crippen LogP contribution in [0.3, 0.4) is 0 Å². The monoisotopic (exact) mass is 425 g/mol. The molecule has 9 nitrogen and oxygen atoms in total. The van der Waals surface area contributed by atoms with Crippen molar-refractivity contribution in [2.24, 2.45) is 18.9 Å². The number of aliphatic carboxylic acids is 1. The summed E-state index contributed by atoms with van der Waals surface area (Å²) in [6.45, 7) is 1.73. The van der Waals surface area contributed by atoms with Crippen molar-refractivity contribution in [1.82, 2.24) is 19.7 Å². The number of fused-ring (bicyclic) bond motifs is 1. The number of pyridine rings is 1. The maximum absolute atomic E-state index is 12.7. The first-order valence-corrected chi connectivity index (χ1v) is 8.88. The molecule has 160 valence electrons. The number of hydrogen-bond donors (Lipinski definition) is 1. The normalized spacial score (nSPS) is 20.6. The molecule has 4 rings (SSSR count). The quantitative estimate of drug-likeness (QED) is 0.774. The van der Waals surface area contributed by atoms with Crippen LogP contribution in [-0.4, -0.2) is 68.4 Å². The van der Waals surface area contributed by atoms with Crippen molar-refractivity contribution < 1.29 is 32.7 Å². The predicted molar refractivity (Wildman–Crippen MR) is 96.4 cm³/mol. The molecule has 2 saturated heterocycles. The van der Waals surface area contributed by atoms with Crippen molar-refractivity contribution in [2.45, 2.75) is 6.18 Å². The lowest BCUT2D eigenvalue weighted by molar-refractivity contribution is -0.192. The Morgan fingerprint density at radius 3 is 2.37 bits per heavy atom. The Morgan fingerprint density at radius 1 is 1.17 bits per heavy atom. The molecule has 2 amide bonds. The number of halogens is 3. The van der Waals surface area contributed by atoms with E-state index in [-0.39, 0.29) is 23.7 Å². The largest absolute Gasteiger partial charge is 0.490 e. The SMILES string of the molecule is Cn1nccc1C(=O)N1C[C@H]2CN(c3cccnc3)C(=O)[C@H]2C1.O=C(O)C(F)(F)F. The van der Waals surface area contributed by atoms with E-state index in [0.717, 1.165) is 5.69 Å². The van der Waals surface area contributed by atoms with E-state index in [1.807, 2.05) is 12.1 Å². The molecule has 12 heteroatoms. The Bertz CT molecular complexity index is 947. The summed E-state index contributed by atoms with van der Waals surface area (Å²) in [6, 6.07) is 5.43. The number of nitrogens with zero attached hydrogens (tertiary/aromatic N) is 5. The van der Waals surface area contributed by atoms with E-state index >= 15 is 0 Å². The number of carboxylic acid groups (broad SMARTS) is 1. The number of carboxylic acids is 1. The van der Waals surface area contributed by atoms with Gasteiger partial charge in [-0.05, 0) is 18.2 Å². The first-order chi connectivity index (χ1) is 14.1. The number of rotatable bonds is 2. The third-order valence-electron chi connectivity index (χ3n) is 4.97. The lowest BCUT2D eigenvalue weighted by Crippen LogP contribution is -2.36. The number of anilines is 1. The van der Waals surface area contributed by atoms with Gasteiger partial charge in [0.25, 0.3) is 5.91 Å². The minimum Gasteiger partial charge on any atom is -0.475 e. The Balaban J connectivity index is 0.000000318. The van der Waals surface area contributed by atoms with E-state index in [4.69, 9.17) is 9.90 Å². The summed E-state index contributed by atoms with van der Waals surface area (Å²) < 4.78 is 33.3. The topological polar surface area (TPSA) is 109 Å². The fraction of sp³-hybridized carbons (Fsp3) is 0.389. The van der Waals surface area contributed by atoms with Crippen molar-refractivity contribution in [1.29, 1.82) is 0 Å². The molecule has 30 heavy (non-hydrogen) atoms. The molecule has 2 aliphatic rings. The molecule has 1 N–H and O–H groups in total. The molecular weight excluding hydrogens is 407 g/mol. The molecule has 2 aromatic heterocycles. The second-order valence-corrected chi connectivity index (χ2v) is 6.88. The molecule has 0 unspecified atom stereocenters. The molecule has 2 aromatic rings. The number of alkyl halides is 3. The van der Waals surface area contributed by atoms with Crippen LogP contribution >= 0.6 is 0 Å². The molecule has 4 heterocycles. The lowest BCUT2D eigenvalue weighted by atomic mass is 10.0. The zero-order valence-electron chi connectivity index (χ0n) is 15.8. The van der Waals surface area contributed by atoms with Crippen LogP contribution in [0.4, 0.5) is 18.9 Å². The van der Waals surface area contributed by atoms with Crippen molar-refractivity contribution in [3.63, 3.8) is 0 Å².